The van der Waals surface area contributed by atoms with E-state index in [9.17, 15) is 14.4 Å². The van der Waals surface area contributed by atoms with E-state index in [-0.39, 0.29) is 24.2 Å². The predicted molar refractivity (Wildman–Crippen MR) is 99.3 cm³/mol. The number of carbonyl (C=O) groups excluding carboxylic acids is 3. The minimum Gasteiger partial charge on any atom is -0.366 e. The quantitative estimate of drug-likeness (QED) is 0.771. The zero-order chi connectivity index (χ0) is 19.4. The van der Waals surface area contributed by atoms with Gasteiger partial charge in [-0.15, -0.1) is 0 Å². The molecule has 1 aliphatic heterocycles. The van der Waals surface area contributed by atoms with Gasteiger partial charge in [0.25, 0.3) is 0 Å². The van der Waals surface area contributed by atoms with Crippen LogP contribution in [0.25, 0.3) is 0 Å². The van der Waals surface area contributed by atoms with Crippen LogP contribution in [0.5, 0.6) is 0 Å². The Kier molecular flexibility index (Phi) is 5.45. The molecule has 0 spiro atoms. The minimum atomic E-state index is -0.609. The van der Waals surface area contributed by atoms with E-state index in [1.54, 1.807) is 24.2 Å². The van der Waals surface area contributed by atoms with Crippen LogP contribution in [-0.2, 0) is 9.59 Å². The summed E-state index contributed by atoms with van der Waals surface area (Å²) >= 11 is 0. The Labute approximate surface area is 158 Å². The van der Waals surface area contributed by atoms with E-state index < -0.39 is 11.4 Å². The topological polar surface area (TPSA) is 105 Å². The van der Waals surface area contributed by atoms with E-state index in [1.165, 1.54) is 6.20 Å². The maximum atomic E-state index is 12.7. The Balaban J connectivity index is 1.80. The van der Waals surface area contributed by atoms with E-state index in [4.69, 9.17) is 5.73 Å². The summed E-state index contributed by atoms with van der Waals surface area (Å²) in [6, 6.07) is 1.60. The summed E-state index contributed by atoms with van der Waals surface area (Å²) in [7, 11) is 1.71. The van der Waals surface area contributed by atoms with Crippen LogP contribution in [0.1, 0.15) is 54.4 Å². The molecule has 3 N–H and O–H groups in total. The molecule has 7 nitrogen and oxygen atoms in total. The number of nitrogens with two attached hydrogens (primary N) is 1. The Bertz CT molecular complexity index is 818. The first-order valence-corrected chi connectivity index (χ1v) is 9.23. The molecule has 142 valence electrons. The molecule has 1 aromatic rings. The maximum absolute atomic E-state index is 12.7. The number of pyridine rings is 1. The van der Waals surface area contributed by atoms with Crippen molar-refractivity contribution in [3.05, 3.63) is 29.6 Å². The zero-order valence-electron chi connectivity index (χ0n) is 15.5. The summed E-state index contributed by atoms with van der Waals surface area (Å²) in [5, 5.41) is 3.12. The molecule has 0 aromatic carbocycles. The fraction of sp³-hybridized carbons (Fsp3) is 0.500. The molecule has 27 heavy (non-hydrogen) atoms. The smallest absolute Gasteiger partial charge is 0.250 e. The molecule has 1 atom stereocenters. The van der Waals surface area contributed by atoms with Gasteiger partial charge in [-0.2, -0.15) is 0 Å². The fourth-order valence-corrected chi connectivity index (χ4v) is 3.65. The first-order valence-electron chi connectivity index (χ1n) is 9.23. The molecular formula is C20H24N4O3. The van der Waals surface area contributed by atoms with E-state index >= 15 is 0 Å². The monoisotopic (exact) mass is 368 g/mol. The third kappa shape index (κ3) is 4.45. The van der Waals surface area contributed by atoms with Crippen LogP contribution in [0.4, 0.5) is 0 Å². The second-order valence-corrected chi connectivity index (χ2v) is 7.38. The van der Waals surface area contributed by atoms with Crippen molar-refractivity contribution < 1.29 is 14.4 Å². The highest BCUT2D eigenvalue weighted by Crippen LogP contribution is 2.29. The van der Waals surface area contributed by atoms with Crippen molar-refractivity contribution in [2.75, 3.05) is 13.6 Å². The molecule has 1 saturated heterocycles. The summed E-state index contributed by atoms with van der Waals surface area (Å²) in [6.07, 6.45) is 7.84. The number of primary amides is 1. The highest BCUT2D eigenvalue weighted by Gasteiger charge is 2.37. The van der Waals surface area contributed by atoms with Crippen LogP contribution >= 0.6 is 0 Å². The first kappa shape index (κ1) is 18.9. The lowest BCUT2D eigenvalue weighted by Crippen LogP contribution is -2.51. The van der Waals surface area contributed by atoms with Gasteiger partial charge in [0.15, 0.2) is 0 Å². The molecule has 3 rings (SSSR count). The van der Waals surface area contributed by atoms with E-state index in [0.29, 0.717) is 17.7 Å². The lowest BCUT2D eigenvalue weighted by molar-refractivity contribution is -0.129. The summed E-state index contributed by atoms with van der Waals surface area (Å²) < 4.78 is 0. The minimum absolute atomic E-state index is 0.00623. The molecule has 2 heterocycles. The van der Waals surface area contributed by atoms with Crippen molar-refractivity contribution in [3.63, 3.8) is 0 Å². The summed E-state index contributed by atoms with van der Waals surface area (Å²) in [5.41, 5.74) is 5.57. The summed E-state index contributed by atoms with van der Waals surface area (Å²) in [6.45, 7) is 0.443. The van der Waals surface area contributed by atoms with Crippen LogP contribution in [0.2, 0.25) is 0 Å². The largest absolute Gasteiger partial charge is 0.366 e. The van der Waals surface area contributed by atoms with Gasteiger partial charge in [-0.05, 0) is 18.9 Å². The van der Waals surface area contributed by atoms with Crippen LogP contribution < -0.4 is 11.1 Å². The number of likely N-dealkylation sites (tertiary alicyclic amines) is 1. The van der Waals surface area contributed by atoms with Crippen molar-refractivity contribution in [1.82, 2.24) is 15.2 Å². The standard InChI is InChI=1S/C20H24N4O3/c1-24-13-16(10-17(24)25)19(27)23-20(6-3-2-4-7-20)8-5-14-9-15(18(21)26)12-22-11-14/h9,11-12,16H,2-4,6-7,10,13H2,1H3,(H2,21,26)(H,23,27). The number of nitrogens with one attached hydrogen (secondary N) is 1. The lowest BCUT2D eigenvalue weighted by atomic mass is 9.81. The Hall–Kier alpha value is -2.88. The van der Waals surface area contributed by atoms with Gasteiger partial charge >= 0.3 is 0 Å². The van der Waals surface area contributed by atoms with Gasteiger partial charge in [0.1, 0.15) is 5.54 Å². The first-order chi connectivity index (χ1) is 12.9. The number of rotatable bonds is 3. The van der Waals surface area contributed by atoms with Gasteiger partial charge < -0.3 is 16.0 Å². The second-order valence-electron chi connectivity index (χ2n) is 7.38. The predicted octanol–water partition coefficient (Wildman–Crippen LogP) is 0.829. The van der Waals surface area contributed by atoms with Crippen LogP contribution in [-0.4, -0.2) is 46.7 Å². The van der Waals surface area contributed by atoms with Gasteiger partial charge in [0, 0.05) is 38.0 Å². The van der Waals surface area contributed by atoms with Gasteiger partial charge in [-0.25, -0.2) is 0 Å². The van der Waals surface area contributed by atoms with E-state index in [0.717, 1.165) is 32.1 Å². The summed E-state index contributed by atoms with van der Waals surface area (Å²) in [5.74, 6) is 5.27. The van der Waals surface area contributed by atoms with Crippen molar-refractivity contribution in [3.8, 4) is 11.8 Å². The zero-order valence-corrected chi connectivity index (χ0v) is 15.5. The number of amides is 3. The van der Waals surface area contributed by atoms with Crippen LogP contribution in [0, 0.1) is 17.8 Å². The number of carbonyl (C=O) groups is 3. The third-order valence-corrected chi connectivity index (χ3v) is 5.25. The van der Waals surface area contributed by atoms with Crippen LogP contribution in [0.3, 0.4) is 0 Å². The number of nitrogens with zero attached hydrogens (tertiary/aromatic N) is 2. The highest BCUT2D eigenvalue weighted by molar-refractivity contribution is 5.92. The van der Waals surface area contributed by atoms with Crippen molar-refractivity contribution in [2.24, 2.45) is 11.7 Å². The Morgan fingerprint density at radius 1 is 1.30 bits per heavy atom. The Morgan fingerprint density at radius 2 is 2.04 bits per heavy atom. The number of hydrogen-bond donors (Lipinski definition) is 2. The lowest BCUT2D eigenvalue weighted by Gasteiger charge is -2.34. The van der Waals surface area contributed by atoms with Gasteiger partial charge in [-0.1, -0.05) is 31.1 Å². The molecule has 1 aromatic heterocycles. The molecule has 3 amide bonds. The normalized spacial score (nSPS) is 21.3. The maximum Gasteiger partial charge on any atom is 0.250 e. The number of aromatic nitrogens is 1. The SMILES string of the molecule is CN1CC(C(=O)NC2(C#Cc3cncc(C(N)=O)c3)CCCCC2)CC1=O. The van der Waals surface area contributed by atoms with E-state index in [2.05, 4.69) is 22.1 Å². The molecule has 1 saturated carbocycles. The van der Waals surface area contributed by atoms with Gasteiger partial charge in [0.05, 0.1) is 11.5 Å². The third-order valence-electron chi connectivity index (χ3n) is 5.25. The summed E-state index contributed by atoms with van der Waals surface area (Å²) in [4.78, 5) is 41.4. The average Bonchev–Trinajstić information content (AvgIpc) is 3.00. The number of hydrogen-bond acceptors (Lipinski definition) is 4. The molecule has 2 fully saturated rings. The van der Waals surface area contributed by atoms with Crippen molar-refractivity contribution >= 4 is 17.7 Å². The molecular weight excluding hydrogens is 344 g/mol. The Morgan fingerprint density at radius 3 is 2.67 bits per heavy atom. The van der Waals surface area contributed by atoms with Crippen molar-refractivity contribution in [1.29, 1.82) is 0 Å². The highest BCUT2D eigenvalue weighted by atomic mass is 16.2. The van der Waals surface area contributed by atoms with Gasteiger partial charge in [-0.3, -0.25) is 19.4 Å². The molecule has 1 unspecified atom stereocenters. The van der Waals surface area contributed by atoms with Gasteiger partial charge in [0.2, 0.25) is 17.7 Å². The fourth-order valence-electron chi connectivity index (χ4n) is 3.65. The average molecular weight is 368 g/mol. The molecule has 0 radical (unpaired) electrons. The molecule has 7 heteroatoms. The van der Waals surface area contributed by atoms with Crippen molar-refractivity contribution in [2.45, 2.75) is 44.1 Å². The molecule has 1 aliphatic carbocycles. The van der Waals surface area contributed by atoms with E-state index in [1.807, 2.05) is 0 Å². The second kappa shape index (κ2) is 7.78. The molecule has 0 bridgehead atoms. The van der Waals surface area contributed by atoms with Crippen LogP contribution in [0.15, 0.2) is 18.5 Å². The molecule has 2 aliphatic rings.